The highest BCUT2D eigenvalue weighted by Gasteiger charge is 2.39. The quantitative estimate of drug-likeness (QED) is 0.905. The number of pyridine rings is 1. The van der Waals surface area contributed by atoms with Crippen LogP contribution in [0.3, 0.4) is 0 Å². The van der Waals surface area contributed by atoms with Gasteiger partial charge in [0.2, 0.25) is 5.91 Å². The summed E-state index contributed by atoms with van der Waals surface area (Å²) >= 11 is 0. The van der Waals surface area contributed by atoms with Gasteiger partial charge in [-0.15, -0.1) is 0 Å². The van der Waals surface area contributed by atoms with E-state index >= 15 is 0 Å². The number of anilines is 1. The summed E-state index contributed by atoms with van der Waals surface area (Å²) in [4.78, 5) is 27.0. The molecule has 2 N–H and O–H groups in total. The van der Waals surface area contributed by atoms with Crippen molar-refractivity contribution in [3.05, 3.63) is 41.7 Å². The fourth-order valence-corrected chi connectivity index (χ4v) is 3.28. The second-order valence-corrected chi connectivity index (χ2v) is 6.21. The molecule has 0 unspecified atom stereocenters. The van der Waals surface area contributed by atoms with Crippen LogP contribution in [0.4, 0.5) is 5.69 Å². The van der Waals surface area contributed by atoms with Crippen LogP contribution in [0.5, 0.6) is 0 Å². The van der Waals surface area contributed by atoms with Crippen LogP contribution in [-0.2, 0) is 11.2 Å². The maximum atomic E-state index is 12.7. The zero-order valence-corrected chi connectivity index (χ0v) is 13.8. The van der Waals surface area contributed by atoms with Crippen molar-refractivity contribution in [2.24, 2.45) is 5.92 Å². The first kappa shape index (κ1) is 15.7. The van der Waals surface area contributed by atoms with Crippen LogP contribution in [0.25, 0.3) is 0 Å². The largest absolute Gasteiger partial charge is 0.346 e. The molecular formula is C17H23N5O. The van der Waals surface area contributed by atoms with Crippen LogP contribution < -0.4 is 5.32 Å². The third kappa shape index (κ3) is 3.27. The van der Waals surface area contributed by atoms with E-state index in [1.54, 1.807) is 12.4 Å². The lowest BCUT2D eigenvalue weighted by atomic mass is 9.91. The number of likely N-dealkylation sites (tertiary alicyclic amines) is 1. The molecule has 2 aromatic heterocycles. The van der Waals surface area contributed by atoms with Crippen LogP contribution in [0.1, 0.15) is 30.1 Å². The molecule has 6 heteroatoms. The molecule has 0 spiro atoms. The third-order valence-corrected chi connectivity index (χ3v) is 4.43. The lowest BCUT2D eigenvalue weighted by molar-refractivity contribution is -0.119. The average molecular weight is 313 g/mol. The van der Waals surface area contributed by atoms with Gasteiger partial charge in [-0.3, -0.25) is 9.78 Å². The molecule has 1 saturated heterocycles. The van der Waals surface area contributed by atoms with Crippen LogP contribution in [0.15, 0.2) is 24.5 Å². The molecule has 0 radical (unpaired) electrons. The number of carbonyl (C=O) groups is 1. The van der Waals surface area contributed by atoms with Gasteiger partial charge >= 0.3 is 0 Å². The average Bonchev–Trinajstić information content (AvgIpc) is 3.10. The first-order chi connectivity index (χ1) is 11.1. The van der Waals surface area contributed by atoms with E-state index in [2.05, 4.69) is 27.1 Å². The number of nitrogens with one attached hydrogen (secondary N) is 2. The number of imidazole rings is 1. The van der Waals surface area contributed by atoms with Crippen molar-refractivity contribution in [1.82, 2.24) is 19.9 Å². The molecule has 1 fully saturated rings. The van der Waals surface area contributed by atoms with Gasteiger partial charge in [-0.05, 0) is 26.1 Å². The molecule has 1 aliphatic heterocycles. The number of rotatable bonds is 4. The maximum Gasteiger partial charge on any atom is 0.229 e. The minimum Gasteiger partial charge on any atom is -0.346 e. The monoisotopic (exact) mass is 313 g/mol. The minimum atomic E-state index is -0.105. The zero-order valence-electron chi connectivity index (χ0n) is 13.8. The van der Waals surface area contributed by atoms with Crippen molar-refractivity contribution < 1.29 is 4.79 Å². The molecule has 2 aromatic rings. The highest BCUT2D eigenvalue weighted by molar-refractivity contribution is 5.93. The van der Waals surface area contributed by atoms with Crippen LogP contribution >= 0.6 is 0 Å². The van der Waals surface area contributed by atoms with E-state index in [9.17, 15) is 4.79 Å². The van der Waals surface area contributed by atoms with E-state index < -0.39 is 0 Å². The molecular weight excluding hydrogens is 290 g/mol. The lowest BCUT2D eigenvalue weighted by Gasteiger charge is -2.17. The van der Waals surface area contributed by atoms with Gasteiger partial charge in [-0.2, -0.15) is 0 Å². The Morgan fingerprint density at radius 2 is 2.30 bits per heavy atom. The number of nitrogens with zero attached hydrogens (tertiary/aromatic N) is 3. The number of hydrogen-bond acceptors (Lipinski definition) is 4. The standard InChI is InChI=1S/C17H23N5O/c1-4-15-19-11(2)16(21-15)13-9-22(3)10-14(13)17(23)20-12-6-5-7-18-8-12/h5-8,13-14H,4,9-10H2,1-3H3,(H,19,21)(H,20,23)/t13-,14-/m0/s1. The number of aryl methyl sites for hydroxylation is 2. The Balaban J connectivity index is 1.81. The molecule has 3 heterocycles. The molecule has 23 heavy (non-hydrogen) atoms. The Labute approximate surface area is 136 Å². The first-order valence-electron chi connectivity index (χ1n) is 8.03. The number of aromatic nitrogens is 3. The summed E-state index contributed by atoms with van der Waals surface area (Å²) in [5, 5.41) is 2.98. The van der Waals surface area contributed by atoms with E-state index in [1.165, 1.54) is 0 Å². The molecule has 0 bridgehead atoms. The van der Waals surface area contributed by atoms with Crippen molar-refractivity contribution in [3.63, 3.8) is 0 Å². The Morgan fingerprint density at radius 3 is 2.96 bits per heavy atom. The van der Waals surface area contributed by atoms with E-state index in [0.717, 1.165) is 42.4 Å². The Bertz CT molecular complexity index is 682. The number of likely N-dealkylation sites (N-methyl/N-ethyl adjacent to an activating group) is 1. The second-order valence-electron chi connectivity index (χ2n) is 6.21. The van der Waals surface area contributed by atoms with Gasteiger partial charge in [0.1, 0.15) is 5.82 Å². The highest BCUT2D eigenvalue weighted by Crippen LogP contribution is 2.33. The SMILES string of the molecule is CCc1nc([C@H]2CN(C)C[C@@H]2C(=O)Nc2cccnc2)c(C)[nH]1. The smallest absolute Gasteiger partial charge is 0.229 e. The Hall–Kier alpha value is -2.21. The summed E-state index contributed by atoms with van der Waals surface area (Å²) in [7, 11) is 2.05. The van der Waals surface area contributed by atoms with Gasteiger partial charge in [-0.25, -0.2) is 4.98 Å². The summed E-state index contributed by atoms with van der Waals surface area (Å²) in [6.45, 7) is 5.70. The van der Waals surface area contributed by atoms with Gasteiger partial charge in [0.05, 0.1) is 23.5 Å². The van der Waals surface area contributed by atoms with E-state index in [0.29, 0.717) is 0 Å². The van der Waals surface area contributed by atoms with Gasteiger partial charge in [0, 0.05) is 37.3 Å². The zero-order chi connectivity index (χ0) is 16.4. The van der Waals surface area contributed by atoms with Gasteiger partial charge in [-0.1, -0.05) is 6.92 Å². The Kier molecular flexibility index (Phi) is 4.43. The van der Waals surface area contributed by atoms with Gasteiger partial charge in [0.25, 0.3) is 0 Å². The van der Waals surface area contributed by atoms with E-state index in [1.807, 2.05) is 26.1 Å². The number of carbonyl (C=O) groups excluding carboxylic acids is 1. The van der Waals surface area contributed by atoms with E-state index in [-0.39, 0.29) is 17.7 Å². The molecule has 2 atom stereocenters. The van der Waals surface area contributed by atoms with Crippen molar-refractivity contribution in [1.29, 1.82) is 0 Å². The van der Waals surface area contributed by atoms with Crippen molar-refractivity contribution >= 4 is 11.6 Å². The van der Waals surface area contributed by atoms with Crippen LogP contribution in [0.2, 0.25) is 0 Å². The molecule has 0 aromatic carbocycles. The lowest BCUT2D eigenvalue weighted by Crippen LogP contribution is -2.28. The highest BCUT2D eigenvalue weighted by atomic mass is 16.2. The topological polar surface area (TPSA) is 73.9 Å². The fraction of sp³-hybridized carbons (Fsp3) is 0.471. The number of amides is 1. The predicted molar refractivity (Wildman–Crippen MR) is 89.3 cm³/mol. The molecule has 1 aliphatic rings. The summed E-state index contributed by atoms with van der Waals surface area (Å²) in [5.41, 5.74) is 2.83. The number of H-pyrrole nitrogens is 1. The summed E-state index contributed by atoms with van der Waals surface area (Å²) < 4.78 is 0. The predicted octanol–water partition coefficient (Wildman–Crippen LogP) is 1.96. The van der Waals surface area contributed by atoms with Gasteiger partial charge in [0.15, 0.2) is 0 Å². The molecule has 6 nitrogen and oxygen atoms in total. The van der Waals surface area contributed by atoms with Gasteiger partial charge < -0.3 is 15.2 Å². The minimum absolute atomic E-state index is 0.0350. The summed E-state index contributed by atoms with van der Waals surface area (Å²) in [5.74, 6) is 1.03. The number of aromatic amines is 1. The number of hydrogen-bond donors (Lipinski definition) is 2. The van der Waals surface area contributed by atoms with Crippen molar-refractivity contribution in [3.8, 4) is 0 Å². The molecule has 3 rings (SSSR count). The van der Waals surface area contributed by atoms with Crippen molar-refractivity contribution in [2.75, 3.05) is 25.5 Å². The van der Waals surface area contributed by atoms with Crippen LogP contribution in [-0.4, -0.2) is 45.9 Å². The fourth-order valence-electron chi connectivity index (χ4n) is 3.28. The third-order valence-electron chi connectivity index (χ3n) is 4.43. The second kappa shape index (κ2) is 6.50. The maximum absolute atomic E-state index is 12.7. The summed E-state index contributed by atoms with van der Waals surface area (Å²) in [6, 6.07) is 3.67. The Morgan fingerprint density at radius 1 is 1.48 bits per heavy atom. The molecule has 0 saturated carbocycles. The van der Waals surface area contributed by atoms with Crippen LogP contribution in [0, 0.1) is 12.8 Å². The first-order valence-corrected chi connectivity index (χ1v) is 8.03. The van der Waals surface area contributed by atoms with E-state index in [4.69, 9.17) is 4.98 Å². The normalized spacial score (nSPS) is 21.5. The van der Waals surface area contributed by atoms with Crippen molar-refractivity contribution in [2.45, 2.75) is 26.2 Å². The molecule has 0 aliphatic carbocycles. The molecule has 122 valence electrons. The molecule has 1 amide bonds. The summed E-state index contributed by atoms with van der Waals surface area (Å²) in [6.07, 6.45) is 4.23.